The van der Waals surface area contributed by atoms with Crippen molar-refractivity contribution in [2.45, 2.75) is 13.3 Å². The van der Waals surface area contributed by atoms with Crippen LogP contribution in [0.1, 0.15) is 44.5 Å². The second-order valence-corrected chi connectivity index (χ2v) is 6.56. The van der Waals surface area contributed by atoms with Crippen molar-refractivity contribution in [3.05, 3.63) is 65.5 Å². The number of carbonyl (C=O) groups is 4. The molecule has 0 saturated heterocycles. The number of nitrogens with zero attached hydrogens (tertiary/aromatic N) is 3. The molecule has 9 heteroatoms. The number of imide groups is 1. The highest BCUT2D eigenvalue weighted by molar-refractivity contribution is 6.21. The van der Waals surface area contributed by atoms with Gasteiger partial charge < -0.3 is 10.1 Å². The fourth-order valence-electron chi connectivity index (χ4n) is 3.31. The number of anilines is 1. The lowest BCUT2D eigenvalue weighted by atomic mass is 10.1. The Labute approximate surface area is 171 Å². The molecule has 0 spiro atoms. The number of fused-ring (bicyclic) bond motifs is 2. The van der Waals surface area contributed by atoms with E-state index >= 15 is 0 Å². The standard InChI is InChI=1S/C21H18N4O5/c1-2-30-21(29)17-18(24-11-6-5-9-15(24)22-17)23-16(26)10-12-25-19(27)13-7-3-4-8-14(13)20(25)28/h3-9,11H,2,10,12H2,1H3,(H,23,26). The number of ether oxygens (including phenoxy) is 1. The van der Waals surface area contributed by atoms with E-state index in [-0.39, 0.29) is 31.1 Å². The van der Waals surface area contributed by atoms with E-state index in [4.69, 9.17) is 4.74 Å². The van der Waals surface area contributed by atoms with Gasteiger partial charge in [-0.3, -0.25) is 23.7 Å². The molecular weight excluding hydrogens is 388 g/mol. The van der Waals surface area contributed by atoms with Crippen LogP contribution in [0.3, 0.4) is 0 Å². The maximum absolute atomic E-state index is 12.6. The number of nitrogens with one attached hydrogen (secondary N) is 1. The van der Waals surface area contributed by atoms with E-state index in [1.54, 1.807) is 60.0 Å². The zero-order valence-electron chi connectivity index (χ0n) is 16.1. The van der Waals surface area contributed by atoms with Crippen molar-refractivity contribution in [1.82, 2.24) is 14.3 Å². The fraction of sp³-hybridized carbons (Fsp3) is 0.190. The van der Waals surface area contributed by atoms with Gasteiger partial charge >= 0.3 is 5.97 Å². The maximum Gasteiger partial charge on any atom is 0.360 e. The molecule has 1 aliphatic rings. The van der Waals surface area contributed by atoms with Gasteiger partial charge in [-0.2, -0.15) is 0 Å². The van der Waals surface area contributed by atoms with Gasteiger partial charge in [-0.25, -0.2) is 9.78 Å². The van der Waals surface area contributed by atoms with Gasteiger partial charge in [-0.05, 0) is 31.2 Å². The summed E-state index contributed by atoms with van der Waals surface area (Å²) in [5.74, 6) is -1.80. The first-order valence-electron chi connectivity index (χ1n) is 9.40. The zero-order chi connectivity index (χ0) is 21.3. The topological polar surface area (TPSA) is 110 Å². The smallest absolute Gasteiger partial charge is 0.360 e. The first kappa shape index (κ1) is 19.3. The highest BCUT2D eigenvalue weighted by Gasteiger charge is 2.35. The number of amides is 3. The molecule has 3 heterocycles. The molecule has 0 fully saturated rings. The van der Waals surface area contributed by atoms with Gasteiger partial charge in [-0.1, -0.05) is 18.2 Å². The average molecular weight is 406 g/mol. The molecule has 4 rings (SSSR count). The van der Waals surface area contributed by atoms with Crippen molar-refractivity contribution in [3.63, 3.8) is 0 Å². The fourth-order valence-corrected chi connectivity index (χ4v) is 3.31. The number of hydrogen-bond acceptors (Lipinski definition) is 6. The van der Waals surface area contributed by atoms with E-state index < -0.39 is 23.7 Å². The molecule has 1 aliphatic heterocycles. The Kier molecular flexibility index (Phi) is 5.01. The maximum atomic E-state index is 12.6. The predicted molar refractivity (Wildman–Crippen MR) is 106 cm³/mol. The number of esters is 1. The molecule has 0 saturated carbocycles. The summed E-state index contributed by atoms with van der Waals surface area (Å²) < 4.78 is 6.58. The molecule has 0 unspecified atom stereocenters. The lowest BCUT2D eigenvalue weighted by Crippen LogP contribution is -2.33. The van der Waals surface area contributed by atoms with Crippen molar-refractivity contribution < 1.29 is 23.9 Å². The summed E-state index contributed by atoms with van der Waals surface area (Å²) in [4.78, 5) is 54.9. The SMILES string of the molecule is CCOC(=O)c1nc2ccccn2c1NC(=O)CCN1C(=O)c2ccccc2C1=O. The summed E-state index contributed by atoms with van der Waals surface area (Å²) in [5, 5.41) is 2.66. The Morgan fingerprint density at radius 2 is 1.70 bits per heavy atom. The molecule has 0 bridgehead atoms. The van der Waals surface area contributed by atoms with Crippen molar-refractivity contribution in [1.29, 1.82) is 0 Å². The number of pyridine rings is 1. The molecule has 1 N–H and O–H groups in total. The monoisotopic (exact) mass is 406 g/mol. The third-order valence-electron chi connectivity index (χ3n) is 4.70. The summed E-state index contributed by atoms with van der Waals surface area (Å²) in [6, 6.07) is 11.7. The molecular formula is C21H18N4O5. The van der Waals surface area contributed by atoms with Crippen LogP contribution in [-0.2, 0) is 9.53 Å². The van der Waals surface area contributed by atoms with Crippen LogP contribution in [0.2, 0.25) is 0 Å². The Hall–Kier alpha value is -4.01. The number of imidazole rings is 1. The van der Waals surface area contributed by atoms with Gasteiger partial charge in [0.1, 0.15) is 5.65 Å². The van der Waals surface area contributed by atoms with Crippen molar-refractivity contribution in [2.24, 2.45) is 0 Å². The molecule has 9 nitrogen and oxygen atoms in total. The summed E-state index contributed by atoms with van der Waals surface area (Å²) in [6.45, 7) is 1.76. The van der Waals surface area contributed by atoms with Gasteiger partial charge in [0.15, 0.2) is 11.5 Å². The Bertz CT molecular complexity index is 1150. The second kappa shape index (κ2) is 7.78. The molecule has 152 valence electrons. The van der Waals surface area contributed by atoms with Crippen molar-refractivity contribution >= 4 is 35.2 Å². The molecule has 2 aromatic heterocycles. The van der Waals surface area contributed by atoms with E-state index in [9.17, 15) is 19.2 Å². The third kappa shape index (κ3) is 3.30. The molecule has 30 heavy (non-hydrogen) atoms. The highest BCUT2D eigenvalue weighted by Crippen LogP contribution is 2.23. The highest BCUT2D eigenvalue weighted by atomic mass is 16.5. The lowest BCUT2D eigenvalue weighted by molar-refractivity contribution is -0.116. The van der Waals surface area contributed by atoms with Crippen molar-refractivity contribution in [3.8, 4) is 0 Å². The first-order valence-corrected chi connectivity index (χ1v) is 9.40. The molecule has 3 aromatic rings. The van der Waals surface area contributed by atoms with Crippen LogP contribution >= 0.6 is 0 Å². The second-order valence-electron chi connectivity index (χ2n) is 6.56. The third-order valence-corrected chi connectivity index (χ3v) is 4.70. The van der Waals surface area contributed by atoms with E-state index in [1.807, 2.05) is 0 Å². The summed E-state index contributed by atoms with van der Waals surface area (Å²) >= 11 is 0. The minimum Gasteiger partial charge on any atom is -0.461 e. The quantitative estimate of drug-likeness (QED) is 0.496. The van der Waals surface area contributed by atoms with Gasteiger partial charge in [-0.15, -0.1) is 0 Å². The van der Waals surface area contributed by atoms with Crippen LogP contribution in [0.5, 0.6) is 0 Å². The number of aromatic nitrogens is 2. The molecule has 0 aliphatic carbocycles. The van der Waals surface area contributed by atoms with Gasteiger partial charge in [0, 0.05) is 19.2 Å². The largest absolute Gasteiger partial charge is 0.461 e. The van der Waals surface area contributed by atoms with Crippen LogP contribution in [0.4, 0.5) is 5.82 Å². The van der Waals surface area contributed by atoms with Gasteiger partial charge in [0.25, 0.3) is 11.8 Å². The molecule has 0 atom stereocenters. The minimum atomic E-state index is -0.656. The lowest BCUT2D eigenvalue weighted by Gasteiger charge is -2.13. The van der Waals surface area contributed by atoms with Crippen molar-refractivity contribution in [2.75, 3.05) is 18.5 Å². The number of hydrogen-bond donors (Lipinski definition) is 1. The average Bonchev–Trinajstić information content (AvgIpc) is 3.23. The van der Waals surface area contributed by atoms with Crippen LogP contribution < -0.4 is 5.32 Å². The zero-order valence-corrected chi connectivity index (χ0v) is 16.1. The van der Waals surface area contributed by atoms with Gasteiger partial charge in [0.2, 0.25) is 5.91 Å². The molecule has 1 aromatic carbocycles. The Morgan fingerprint density at radius 3 is 2.37 bits per heavy atom. The Morgan fingerprint density at radius 1 is 1.03 bits per heavy atom. The number of benzene rings is 1. The van der Waals surface area contributed by atoms with E-state index in [1.165, 1.54) is 0 Å². The normalized spacial score (nSPS) is 12.9. The predicted octanol–water partition coefficient (Wildman–Crippen LogP) is 2.14. The summed E-state index contributed by atoms with van der Waals surface area (Å²) in [7, 11) is 0. The summed E-state index contributed by atoms with van der Waals surface area (Å²) in [5.41, 5.74) is 1.11. The Balaban J connectivity index is 1.51. The molecule has 0 radical (unpaired) electrons. The van der Waals surface area contributed by atoms with E-state index in [0.717, 1.165) is 4.90 Å². The minimum absolute atomic E-state index is 0.0165. The van der Waals surface area contributed by atoms with Crippen LogP contribution in [0.15, 0.2) is 48.7 Å². The van der Waals surface area contributed by atoms with Crippen LogP contribution in [-0.4, -0.2) is 51.1 Å². The first-order chi connectivity index (χ1) is 14.5. The van der Waals surface area contributed by atoms with E-state index in [0.29, 0.717) is 16.8 Å². The van der Waals surface area contributed by atoms with E-state index in [2.05, 4.69) is 10.3 Å². The number of rotatable bonds is 6. The summed E-state index contributed by atoms with van der Waals surface area (Å²) in [6.07, 6.45) is 1.53. The molecule has 3 amide bonds. The number of carbonyl (C=O) groups excluding carboxylic acids is 4. The van der Waals surface area contributed by atoms with Gasteiger partial charge in [0.05, 0.1) is 17.7 Å². The van der Waals surface area contributed by atoms with Crippen LogP contribution in [0.25, 0.3) is 5.65 Å². The van der Waals surface area contributed by atoms with Crippen LogP contribution in [0, 0.1) is 0 Å².